The van der Waals surface area contributed by atoms with E-state index in [0.29, 0.717) is 23.1 Å². The fourth-order valence-electron chi connectivity index (χ4n) is 1.30. The maximum atomic E-state index is 7.57. The lowest BCUT2D eigenvalue weighted by Gasteiger charge is -2.07. The van der Waals surface area contributed by atoms with Crippen molar-refractivity contribution in [3.05, 3.63) is 36.0 Å². The Morgan fingerprint density at radius 1 is 1.12 bits per heavy atom. The number of aromatic nitrogens is 2. The second-order valence-electron chi connectivity index (χ2n) is 3.48. The first-order chi connectivity index (χ1) is 8.19. The minimum absolute atomic E-state index is 0.315. The van der Waals surface area contributed by atoms with Crippen LogP contribution in [0.2, 0.25) is 0 Å². The van der Waals surface area contributed by atoms with E-state index in [1.165, 1.54) is 7.11 Å². The fraction of sp³-hybridized carbons (Fsp3) is 0.167. The van der Waals surface area contributed by atoms with Gasteiger partial charge in [-0.05, 0) is 25.1 Å². The van der Waals surface area contributed by atoms with Crippen LogP contribution in [0.25, 0.3) is 0 Å². The van der Waals surface area contributed by atoms with Crippen molar-refractivity contribution in [3.8, 4) is 17.4 Å². The van der Waals surface area contributed by atoms with E-state index in [2.05, 4.69) is 10.2 Å². The number of nitrogens with zero attached hydrogens (tertiary/aromatic N) is 2. The van der Waals surface area contributed by atoms with Gasteiger partial charge < -0.3 is 9.47 Å². The molecule has 0 amide bonds. The molecule has 0 atom stereocenters. The van der Waals surface area contributed by atoms with Crippen LogP contribution in [0, 0.1) is 6.92 Å². The van der Waals surface area contributed by atoms with Gasteiger partial charge in [0, 0.05) is 12.1 Å². The average Bonchev–Trinajstić information content (AvgIpc) is 2.34. The van der Waals surface area contributed by atoms with Crippen molar-refractivity contribution >= 4 is 5.69 Å². The number of aryl methyl sites for hydroxylation is 1. The molecular weight excluding hydrogens is 218 g/mol. The van der Waals surface area contributed by atoms with Crippen LogP contribution in [0.1, 0.15) is 5.69 Å². The van der Waals surface area contributed by atoms with Crippen LogP contribution < -0.4 is 15.2 Å². The van der Waals surface area contributed by atoms with E-state index in [1.54, 1.807) is 24.3 Å². The summed E-state index contributed by atoms with van der Waals surface area (Å²) in [6, 6.07) is 8.49. The third-order valence-electron chi connectivity index (χ3n) is 2.17. The summed E-state index contributed by atoms with van der Waals surface area (Å²) in [5, 5.41) is 7.78. The van der Waals surface area contributed by atoms with Gasteiger partial charge in [-0.25, -0.2) is 0 Å². The third-order valence-corrected chi connectivity index (χ3v) is 2.17. The number of benzene rings is 1. The normalized spacial score (nSPS) is 10.0. The van der Waals surface area contributed by atoms with Crippen molar-refractivity contribution < 1.29 is 9.47 Å². The highest BCUT2D eigenvalue weighted by Crippen LogP contribution is 2.29. The van der Waals surface area contributed by atoms with E-state index < -0.39 is 0 Å². The maximum Gasteiger partial charge on any atom is 0.238 e. The van der Waals surface area contributed by atoms with Crippen LogP contribution in [-0.2, 0) is 0 Å². The quantitative estimate of drug-likeness (QED) is 0.812. The van der Waals surface area contributed by atoms with Gasteiger partial charge >= 0.3 is 0 Å². The predicted octanol–water partition coefficient (Wildman–Crippen LogP) is 2.50. The van der Waals surface area contributed by atoms with Crippen molar-refractivity contribution in [1.29, 1.82) is 0 Å². The van der Waals surface area contributed by atoms with E-state index in [4.69, 9.17) is 15.2 Å². The molecule has 1 N–H and O–H groups in total. The molecule has 0 unspecified atom stereocenters. The van der Waals surface area contributed by atoms with Crippen LogP contribution >= 0.6 is 0 Å². The molecule has 5 nitrogen and oxygen atoms in total. The predicted molar refractivity (Wildman–Crippen MR) is 62.6 cm³/mol. The van der Waals surface area contributed by atoms with E-state index in [1.807, 2.05) is 13.0 Å². The van der Waals surface area contributed by atoms with Crippen LogP contribution in [0.5, 0.6) is 17.4 Å². The molecule has 5 heteroatoms. The summed E-state index contributed by atoms with van der Waals surface area (Å²) in [5.41, 5.74) is 8.71. The molecule has 0 aliphatic rings. The summed E-state index contributed by atoms with van der Waals surface area (Å²) in [5.74, 6) is 1.44. The highest BCUT2D eigenvalue weighted by atomic mass is 16.5. The summed E-state index contributed by atoms with van der Waals surface area (Å²) in [6.45, 7) is 1.86. The number of ether oxygens (including phenoxy) is 2. The minimum atomic E-state index is 0.315. The lowest BCUT2D eigenvalue weighted by Crippen LogP contribution is -1.92. The summed E-state index contributed by atoms with van der Waals surface area (Å²) in [7, 11) is 1.52. The summed E-state index contributed by atoms with van der Waals surface area (Å²) >= 11 is 0. The van der Waals surface area contributed by atoms with Crippen molar-refractivity contribution in [2.24, 2.45) is 0 Å². The second-order valence-corrected chi connectivity index (χ2v) is 3.48. The Morgan fingerprint density at radius 2 is 1.94 bits per heavy atom. The standard InChI is InChI=1S/C12H12N3O2/c1-8-3-6-12(15-14-8)17-9-4-5-10(13)11(7-9)16-2/h3-7,13H,1-2H3. The minimum Gasteiger partial charge on any atom is -0.494 e. The van der Waals surface area contributed by atoms with Crippen LogP contribution in [0.15, 0.2) is 30.3 Å². The summed E-state index contributed by atoms with van der Waals surface area (Å²) in [4.78, 5) is 0. The molecule has 0 aliphatic heterocycles. The number of rotatable bonds is 3. The molecule has 2 aromatic rings. The first-order valence-corrected chi connectivity index (χ1v) is 5.07. The Bertz CT molecular complexity index is 512. The van der Waals surface area contributed by atoms with Crippen molar-refractivity contribution in [2.75, 3.05) is 7.11 Å². The average molecular weight is 230 g/mol. The van der Waals surface area contributed by atoms with Gasteiger partial charge in [-0.1, -0.05) is 0 Å². The maximum absolute atomic E-state index is 7.57. The second kappa shape index (κ2) is 4.69. The van der Waals surface area contributed by atoms with Gasteiger partial charge in [-0.15, -0.1) is 5.10 Å². The van der Waals surface area contributed by atoms with Crippen LogP contribution in [0.3, 0.4) is 0 Å². The van der Waals surface area contributed by atoms with Crippen LogP contribution in [-0.4, -0.2) is 17.3 Å². The number of hydrogen-bond acceptors (Lipinski definition) is 4. The van der Waals surface area contributed by atoms with Gasteiger partial charge in [-0.2, -0.15) is 5.10 Å². The molecule has 1 heterocycles. The molecular formula is C12H12N3O2. The molecule has 1 aromatic carbocycles. The molecule has 0 aliphatic carbocycles. The van der Waals surface area contributed by atoms with E-state index >= 15 is 0 Å². The number of methoxy groups -OCH3 is 1. The van der Waals surface area contributed by atoms with Gasteiger partial charge in [0.2, 0.25) is 5.88 Å². The first kappa shape index (κ1) is 11.2. The monoisotopic (exact) mass is 230 g/mol. The molecule has 2 rings (SSSR count). The third kappa shape index (κ3) is 2.63. The van der Waals surface area contributed by atoms with Crippen molar-refractivity contribution in [1.82, 2.24) is 15.9 Å². The zero-order valence-electron chi connectivity index (χ0n) is 9.60. The molecule has 0 saturated carbocycles. The Hall–Kier alpha value is -2.30. The first-order valence-electron chi connectivity index (χ1n) is 5.07. The number of hydrogen-bond donors (Lipinski definition) is 0. The van der Waals surface area contributed by atoms with Gasteiger partial charge in [-0.3, -0.25) is 5.73 Å². The fourth-order valence-corrected chi connectivity index (χ4v) is 1.30. The summed E-state index contributed by atoms with van der Waals surface area (Å²) in [6.07, 6.45) is 0. The van der Waals surface area contributed by atoms with Crippen molar-refractivity contribution in [2.45, 2.75) is 6.92 Å². The largest absolute Gasteiger partial charge is 0.494 e. The van der Waals surface area contributed by atoms with Gasteiger partial charge in [0.25, 0.3) is 0 Å². The lowest BCUT2D eigenvalue weighted by atomic mass is 10.3. The topological polar surface area (TPSA) is 68.0 Å². The molecule has 1 aromatic heterocycles. The molecule has 0 bridgehead atoms. The molecule has 0 saturated heterocycles. The van der Waals surface area contributed by atoms with Crippen molar-refractivity contribution in [3.63, 3.8) is 0 Å². The lowest BCUT2D eigenvalue weighted by molar-refractivity contribution is 0.407. The Kier molecular flexibility index (Phi) is 3.09. The number of nitrogens with one attached hydrogen (secondary N) is 1. The van der Waals surface area contributed by atoms with Gasteiger partial charge in [0.05, 0.1) is 18.5 Å². The van der Waals surface area contributed by atoms with Crippen LogP contribution in [0.4, 0.5) is 5.69 Å². The highest BCUT2D eigenvalue weighted by Gasteiger charge is 2.04. The zero-order chi connectivity index (χ0) is 12.3. The Morgan fingerprint density at radius 3 is 2.59 bits per heavy atom. The zero-order valence-corrected chi connectivity index (χ0v) is 9.60. The Labute approximate surface area is 99.2 Å². The molecule has 17 heavy (non-hydrogen) atoms. The smallest absolute Gasteiger partial charge is 0.238 e. The Balaban J connectivity index is 2.21. The van der Waals surface area contributed by atoms with E-state index in [-0.39, 0.29) is 0 Å². The SMILES string of the molecule is COc1cc(Oc2ccc(C)nn2)ccc1[NH]. The van der Waals surface area contributed by atoms with Gasteiger partial charge in [0.15, 0.2) is 0 Å². The molecule has 87 valence electrons. The van der Waals surface area contributed by atoms with Gasteiger partial charge in [0.1, 0.15) is 11.5 Å². The molecule has 1 radical (unpaired) electrons. The molecule has 0 fully saturated rings. The van der Waals surface area contributed by atoms with E-state index in [9.17, 15) is 0 Å². The van der Waals surface area contributed by atoms with E-state index in [0.717, 1.165) is 5.69 Å². The highest BCUT2D eigenvalue weighted by molar-refractivity contribution is 5.53. The molecule has 0 spiro atoms. The summed E-state index contributed by atoms with van der Waals surface area (Å²) < 4.78 is 10.5.